The molecular formula is C29H30Cl3N3O3. The number of amides is 1. The summed E-state index contributed by atoms with van der Waals surface area (Å²) in [6.45, 7) is 1.27. The van der Waals surface area contributed by atoms with E-state index >= 15 is 0 Å². The number of carbonyl (C=O) groups excluding carboxylic acids is 1. The number of carboxylic acids is 1. The Balaban J connectivity index is 0.00000200. The zero-order valence-corrected chi connectivity index (χ0v) is 23.1. The number of rotatable bonds is 4. The minimum atomic E-state index is -1.04. The number of carboxylic acid groups (broad SMARTS) is 1. The summed E-state index contributed by atoms with van der Waals surface area (Å²) in [7, 11) is 0. The fourth-order valence-electron chi connectivity index (χ4n) is 5.17. The van der Waals surface area contributed by atoms with E-state index in [4.69, 9.17) is 27.4 Å². The van der Waals surface area contributed by atoms with Crippen molar-refractivity contribution < 1.29 is 14.7 Å². The van der Waals surface area contributed by atoms with Gasteiger partial charge in [-0.1, -0.05) is 41.4 Å². The average Bonchev–Trinajstić information content (AvgIpc) is 3.05. The van der Waals surface area contributed by atoms with E-state index in [0.717, 1.165) is 42.0 Å². The standard InChI is InChI=1S/C29H28ClN3O3.2ClH/c30-23-9-10-24-22(17-23)8-7-20-2-1-13-32-27(20)26(24)19-11-14-33(15-12-19)28(34)21-5-3-18(4-6-21)16-25(31)29(35)36;;/h1-6,9-10,13,17,25H,7-8,11-12,14-16,31H2,(H,35,36);2*1H. The number of aliphatic carboxylic acids is 1. The van der Waals surface area contributed by atoms with E-state index < -0.39 is 12.0 Å². The lowest BCUT2D eigenvalue weighted by Crippen LogP contribution is -2.36. The largest absolute Gasteiger partial charge is 0.480 e. The van der Waals surface area contributed by atoms with Gasteiger partial charge >= 0.3 is 5.97 Å². The number of piperidine rings is 1. The topological polar surface area (TPSA) is 96.5 Å². The highest BCUT2D eigenvalue weighted by Gasteiger charge is 2.27. The van der Waals surface area contributed by atoms with Crippen LogP contribution in [0.1, 0.15) is 51.1 Å². The molecule has 5 rings (SSSR count). The first-order valence-corrected chi connectivity index (χ1v) is 12.6. The summed E-state index contributed by atoms with van der Waals surface area (Å²) < 4.78 is 0. The van der Waals surface area contributed by atoms with E-state index in [1.807, 2.05) is 23.2 Å². The molecule has 6 nitrogen and oxygen atoms in total. The minimum absolute atomic E-state index is 0. The lowest BCUT2D eigenvalue weighted by Gasteiger charge is -2.30. The zero-order valence-electron chi connectivity index (χ0n) is 20.7. The Kier molecular flexibility index (Phi) is 9.96. The summed E-state index contributed by atoms with van der Waals surface area (Å²) in [5, 5.41) is 9.75. The van der Waals surface area contributed by atoms with Crippen molar-refractivity contribution in [2.75, 3.05) is 13.1 Å². The Morgan fingerprint density at radius 3 is 2.34 bits per heavy atom. The van der Waals surface area contributed by atoms with E-state index in [2.05, 4.69) is 18.2 Å². The molecule has 0 bridgehead atoms. The second-order valence-electron chi connectivity index (χ2n) is 9.43. The molecule has 1 aliphatic heterocycles. The number of aromatic nitrogens is 1. The van der Waals surface area contributed by atoms with Gasteiger partial charge in [-0.05, 0) is 84.7 Å². The number of halogens is 3. The first-order valence-electron chi connectivity index (χ1n) is 12.2. The molecule has 1 atom stereocenters. The van der Waals surface area contributed by atoms with E-state index in [0.29, 0.717) is 18.7 Å². The highest BCUT2D eigenvalue weighted by molar-refractivity contribution is 6.30. The normalized spacial score (nSPS) is 15.3. The minimum Gasteiger partial charge on any atom is -0.480 e. The van der Waals surface area contributed by atoms with Gasteiger partial charge in [-0.25, -0.2) is 0 Å². The maximum atomic E-state index is 13.2. The third-order valence-corrected chi connectivity index (χ3v) is 7.34. The van der Waals surface area contributed by atoms with Gasteiger partial charge in [-0.15, -0.1) is 24.8 Å². The van der Waals surface area contributed by atoms with E-state index in [-0.39, 0.29) is 37.1 Å². The van der Waals surface area contributed by atoms with Gasteiger partial charge in [0, 0.05) is 35.4 Å². The molecule has 0 radical (unpaired) electrons. The average molecular weight is 575 g/mol. The quantitative estimate of drug-likeness (QED) is 0.437. The molecule has 1 unspecified atom stereocenters. The summed E-state index contributed by atoms with van der Waals surface area (Å²) in [5.41, 5.74) is 14.3. The number of aryl methyl sites for hydroxylation is 2. The lowest BCUT2D eigenvalue weighted by molar-refractivity contribution is -0.138. The summed E-state index contributed by atoms with van der Waals surface area (Å²) in [4.78, 5) is 30.8. The first-order chi connectivity index (χ1) is 17.4. The van der Waals surface area contributed by atoms with Crippen LogP contribution in [0.2, 0.25) is 5.02 Å². The number of pyridine rings is 1. The number of nitrogens with zero attached hydrogens (tertiary/aromatic N) is 2. The summed E-state index contributed by atoms with van der Waals surface area (Å²) in [6.07, 6.45) is 5.49. The van der Waals surface area contributed by atoms with E-state index in [1.54, 1.807) is 24.3 Å². The van der Waals surface area contributed by atoms with Crippen molar-refractivity contribution in [2.24, 2.45) is 5.73 Å². The molecule has 9 heteroatoms. The van der Waals surface area contributed by atoms with Crippen LogP contribution in [0.5, 0.6) is 0 Å². The van der Waals surface area contributed by atoms with Gasteiger partial charge in [-0.2, -0.15) is 0 Å². The van der Waals surface area contributed by atoms with Crippen molar-refractivity contribution >= 4 is 53.9 Å². The smallest absolute Gasteiger partial charge is 0.320 e. The summed E-state index contributed by atoms with van der Waals surface area (Å²) in [6, 6.07) is 16.4. The predicted octanol–water partition coefficient (Wildman–Crippen LogP) is 5.37. The lowest BCUT2D eigenvalue weighted by atomic mass is 9.88. The highest BCUT2D eigenvalue weighted by atomic mass is 35.5. The maximum absolute atomic E-state index is 13.2. The van der Waals surface area contributed by atoms with Crippen LogP contribution in [0.15, 0.2) is 66.4 Å². The summed E-state index contributed by atoms with van der Waals surface area (Å²) >= 11 is 6.33. The number of fused-ring (bicyclic) bond motifs is 2. The molecule has 0 saturated carbocycles. The van der Waals surface area contributed by atoms with Gasteiger partial charge in [0.1, 0.15) is 6.04 Å². The molecule has 1 fully saturated rings. The van der Waals surface area contributed by atoms with Crippen molar-refractivity contribution in [3.05, 3.63) is 105 Å². The molecule has 2 heterocycles. The number of hydrogen-bond donors (Lipinski definition) is 2. The zero-order chi connectivity index (χ0) is 25.2. The highest BCUT2D eigenvalue weighted by Crippen LogP contribution is 2.38. The van der Waals surface area contributed by atoms with Crippen LogP contribution in [0, 0.1) is 0 Å². The Morgan fingerprint density at radius 2 is 1.66 bits per heavy atom. The molecule has 3 aromatic rings. The Hall–Kier alpha value is -2.90. The predicted molar refractivity (Wildman–Crippen MR) is 155 cm³/mol. The van der Waals surface area contributed by atoms with Crippen molar-refractivity contribution in [1.29, 1.82) is 0 Å². The van der Waals surface area contributed by atoms with Gasteiger partial charge in [0.05, 0.1) is 5.69 Å². The van der Waals surface area contributed by atoms with Crippen molar-refractivity contribution in [2.45, 2.75) is 38.1 Å². The van der Waals surface area contributed by atoms with Crippen LogP contribution in [-0.2, 0) is 24.1 Å². The van der Waals surface area contributed by atoms with Gasteiger partial charge in [0.25, 0.3) is 5.91 Å². The molecule has 1 aliphatic carbocycles. The number of benzene rings is 2. The van der Waals surface area contributed by atoms with Gasteiger partial charge < -0.3 is 15.7 Å². The van der Waals surface area contributed by atoms with Crippen LogP contribution in [0.3, 0.4) is 0 Å². The van der Waals surface area contributed by atoms with Crippen LogP contribution in [-0.4, -0.2) is 46.0 Å². The van der Waals surface area contributed by atoms with Crippen LogP contribution < -0.4 is 5.73 Å². The Labute approximate surface area is 239 Å². The number of hydrogen-bond acceptors (Lipinski definition) is 4. The third-order valence-electron chi connectivity index (χ3n) is 7.11. The summed E-state index contributed by atoms with van der Waals surface area (Å²) in [5.74, 6) is -1.05. The molecule has 200 valence electrons. The fourth-order valence-corrected chi connectivity index (χ4v) is 5.36. The molecule has 0 spiro atoms. The van der Waals surface area contributed by atoms with Crippen molar-refractivity contribution in [1.82, 2.24) is 9.88 Å². The van der Waals surface area contributed by atoms with Gasteiger partial charge in [0.15, 0.2) is 0 Å². The second kappa shape index (κ2) is 12.8. The first kappa shape index (κ1) is 29.7. The van der Waals surface area contributed by atoms with Crippen LogP contribution >= 0.6 is 36.4 Å². The maximum Gasteiger partial charge on any atom is 0.320 e. The third kappa shape index (κ3) is 6.21. The second-order valence-corrected chi connectivity index (χ2v) is 9.87. The molecule has 38 heavy (non-hydrogen) atoms. The van der Waals surface area contributed by atoms with Gasteiger partial charge in [0.2, 0.25) is 0 Å². The molecule has 1 amide bonds. The van der Waals surface area contributed by atoms with Crippen LogP contribution in [0.4, 0.5) is 0 Å². The molecule has 1 aromatic heterocycles. The Morgan fingerprint density at radius 1 is 0.974 bits per heavy atom. The van der Waals surface area contributed by atoms with Gasteiger partial charge in [-0.3, -0.25) is 14.6 Å². The fraction of sp³-hybridized carbons (Fsp3) is 0.276. The number of likely N-dealkylation sites (tertiary alicyclic amines) is 1. The van der Waals surface area contributed by atoms with E-state index in [1.165, 1.54) is 27.8 Å². The number of carbonyl (C=O) groups is 2. The Bertz CT molecular complexity index is 1350. The number of nitrogens with two attached hydrogens (primary N) is 1. The van der Waals surface area contributed by atoms with Crippen molar-refractivity contribution in [3.8, 4) is 0 Å². The SMILES string of the molecule is Cl.Cl.NC(Cc1ccc(C(=O)N2CCC(=C3c4ccc(Cl)cc4CCc4cccnc43)CC2)cc1)C(=O)O. The molecule has 1 saturated heterocycles. The van der Waals surface area contributed by atoms with Crippen LogP contribution in [0.25, 0.3) is 5.57 Å². The van der Waals surface area contributed by atoms with Crippen molar-refractivity contribution in [3.63, 3.8) is 0 Å². The molecule has 3 N–H and O–H groups in total. The van der Waals surface area contributed by atoms with E-state index in [9.17, 15) is 9.59 Å². The monoisotopic (exact) mass is 573 g/mol. The molecular weight excluding hydrogens is 545 g/mol. The molecule has 2 aliphatic rings. The molecule has 2 aromatic carbocycles.